The number of piperidine rings is 1. The number of rotatable bonds is 4. The van der Waals surface area contributed by atoms with Crippen LogP contribution in [0.1, 0.15) is 31.9 Å². The van der Waals surface area contributed by atoms with E-state index in [1.165, 1.54) is 19.4 Å². The molecule has 2 unspecified atom stereocenters. The van der Waals surface area contributed by atoms with Gasteiger partial charge in [0.1, 0.15) is 5.76 Å². The van der Waals surface area contributed by atoms with Crippen molar-refractivity contribution >= 4 is 0 Å². The molecule has 3 heteroatoms. The number of nitrogens with zero attached hydrogens (tertiary/aromatic N) is 1. The summed E-state index contributed by atoms with van der Waals surface area (Å²) in [6.07, 6.45) is 6.35. The molecular formula is C13H22N2O. The van der Waals surface area contributed by atoms with Crippen molar-refractivity contribution in [3.05, 3.63) is 24.2 Å². The van der Waals surface area contributed by atoms with Crippen LogP contribution in [0.5, 0.6) is 0 Å². The summed E-state index contributed by atoms with van der Waals surface area (Å²) in [5, 5.41) is 0. The summed E-state index contributed by atoms with van der Waals surface area (Å²) in [5.41, 5.74) is 5.99. The lowest BCUT2D eigenvalue weighted by atomic mass is 10.0. The first-order chi connectivity index (χ1) is 7.75. The highest BCUT2D eigenvalue weighted by molar-refractivity contribution is 4.98. The maximum Gasteiger partial charge on any atom is 0.103 e. The van der Waals surface area contributed by atoms with E-state index in [0.29, 0.717) is 12.1 Å². The highest BCUT2D eigenvalue weighted by atomic mass is 16.3. The van der Waals surface area contributed by atoms with Gasteiger partial charge in [0.15, 0.2) is 0 Å². The summed E-state index contributed by atoms with van der Waals surface area (Å²) >= 11 is 0. The molecule has 1 aliphatic rings. The molecule has 16 heavy (non-hydrogen) atoms. The second kappa shape index (κ2) is 5.51. The topological polar surface area (TPSA) is 42.4 Å². The Morgan fingerprint density at radius 2 is 2.50 bits per heavy atom. The van der Waals surface area contributed by atoms with Crippen LogP contribution in [0.2, 0.25) is 0 Å². The van der Waals surface area contributed by atoms with Gasteiger partial charge < -0.3 is 10.2 Å². The SMILES string of the molecule is CC(CCc1ccco1)N1CCCC(N)C1. The number of likely N-dealkylation sites (tertiary alicyclic amines) is 1. The normalized spacial score (nSPS) is 24.5. The lowest BCUT2D eigenvalue weighted by Gasteiger charge is -2.35. The molecule has 2 atom stereocenters. The zero-order valence-corrected chi connectivity index (χ0v) is 10.1. The summed E-state index contributed by atoms with van der Waals surface area (Å²) in [5.74, 6) is 1.09. The third-order valence-corrected chi connectivity index (χ3v) is 3.50. The predicted molar refractivity (Wildman–Crippen MR) is 65.3 cm³/mol. The fourth-order valence-corrected chi connectivity index (χ4v) is 2.43. The Kier molecular flexibility index (Phi) is 4.02. The van der Waals surface area contributed by atoms with Crippen molar-refractivity contribution in [2.24, 2.45) is 5.73 Å². The second-order valence-corrected chi connectivity index (χ2v) is 4.86. The molecule has 0 amide bonds. The van der Waals surface area contributed by atoms with Crippen molar-refractivity contribution in [3.63, 3.8) is 0 Å². The first-order valence-electron chi connectivity index (χ1n) is 6.27. The average molecular weight is 222 g/mol. The van der Waals surface area contributed by atoms with Crippen LogP contribution in [0.4, 0.5) is 0 Å². The first-order valence-corrected chi connectivity index (χ1v) is 6.27. The van der Waals surface area contributed by atoms with E-state index in [2.05, 4.69) is 17.9 Å². The van der Waals surface area contributed by atoms with Crippen molar-refractivity contribution in [2.75, 3.05) is 13.1 Å². The van der Waals surface area contributed by atoms with Gasteiger partial charge in [0.05, 0.1) is 6.26 Å². The Morgan fingerprint density at radius 1 is 1.62 bits per heavy atom. The van der Waals surface area contributed by atoms with E-state index in [0.717, 1.165) is 25.1 Å². The molecule has 1 saturated heterocycles. The Bertz CT molecular complexity index is 297. The fourth-order valence-electron chi connectivity index (χ4n) is 2.43. The van der Waals surface area contributed by atoms with Gasteiger partial charge in [-0.25, -0.2) is 0 Å². The summed E-state index contributed by atoms with van der Waals surface area (Å²) in [4.78, 5) is 2.51. The van der Waals surface area contributed by atoms with Crippen LogP contribution < -0.4 is 5.73 Å². The molecule has 1 aromatic heterocycles. The van der Waals surface area contributed by atoms with Crippen molar-refractivity contribution in [1.82, 2.24) is 4.90 Å². The van der Waals surface area contributed by atoms with E-state index in [-0.39, 0.29) is 0 Å². The van der Waals surface area contributed by atoms with Crippen molar-refractivity contribution in [2.45, 2.75) is 44.7 Å². The van der Waals surface area contributed by atoms with Crippen LogP contribution in [0, 0.1) is 0 Å². The largest absolute Gasteiger partial charge is 0.469 e. The van der Waals surface area contributed by atoms with Crippen LogP contribution in [0.25, 0.3) is 0 Å². The quantitative estimate of drug-likeness (QED) is 0.847. The standard InChI is InChI=1S/C13H22N2O/c1-11(6-7-13-5-3-9-16-13)15-8-2-4-12(14)10-15/h3,5,9,11-12H,2,4,6-8,10,14H2,1H3. The van der Waals surface area contributed by atoms with Crippen molar-refractivity contribution in [3.8, 4) is 0 Å². The molecule has 1 aliphatic heterocycles. The molecule has 1 aromatic rings. The molecule has 0 radical (unpaired) electrons. The van der Waals surface area contributed by atoms with Crippen LogP contribution in [0.3, 0.4) is 0 Å². The molecule has 2 rings (SSSR count). The first kappa shape index (κ1) is 11.7. The summed E-state index contributed by atoms with van der Waals surface area (Å²) < 4.78 is 5.35. The summed E-state index contributed by atoms with van der Waals surface area (Å²) in [6.45, 7) is 4.55. The fraction of sp³-hybridized carbons (Fsp3) is 0.692. The van der Waals surface area contributed by atoms with Gasteiger partial charge in [-0.05, 0) is 44.9 Å². The highest BCUT2D eigenvalue weighted by Crippen LogP contribution is 2.15. The lowest BCUT2D eigenvalue weighted by Crippen LogP contribution is -2.46. The van der Waals surface area contributed by atoms with Crippen molar-refractivity contribution < 1.29 is 4.42 Å². The zero-order valence-electron chi connectivity index (χ0n) is 10.1. The third-order valence-electron chi connectivity index (χ3n) is 3.50. The smallest absolute Gasteiger partial charge is 0.103 e. The summed E-state index contributed by atoms with van der Waals surface area (Å²) in [6, 6.07) is 4.99. The molecule has 1 fully saturated rings. The lowest BCUT2D eigenvalue weighted by molar-refractivity contribution is 0.151. The molecule has 2 heterocycles. The zero-order chi connectivity index (χ0) is 11.4. The van der Waals surface area contributed by atoms with Crippen molar-refractivity contribution in [1.29, 1.82) is 0 Å². The van der Waals surface area contributed by atoms with E-state index in [9.17, 15) is 0 Å². The number of hydrogen-bond acceptors (Lipinski definition) is 3. The Labute approximate surface area is 97.6 Å². The number of nitrogens with two attached hydrogens (primary N) is 1. The van der Waals surface area contributed by atoms with Gasteiger partial charge in [0.2, 0.25) is 0 Å². The summed E-state index contributed by atoms with van der Waals surface area (Å²) in [7, 11) is 0. The monoisotopic (exact) mass is 222 g/mol. The van der Waals surface area contributed by atoms with Gasteiger partial charge in [-0.3, -0.25) is 4.90 Å². The second-order valence-electron chi connectivity index (χ2n) is 4.86. The molecule has 0 spiro atoms. The molecule has 90 valence electrons. The Morgan fingerprint density at radius 3 is 3.19 bits per heavy atom. The number of furan rings is 1. The number of hydrogen-bond donors (Lipinski definition) is 1. The average Bonchev–Trinajstić information content (AvgIpc) is 2.78. The molecule has 3 nitrogen and oxygen atoms in total. The highest BCUT2D eigenvalue weighted by Gasteiger charge is 2.20. The third kappa shape index (κ3) is 3.09. The molecule has 0 bridgehead atoms. The van der Waals surface area contributed by atoms with Crippen LogP contribution in [-0.4, -0.2) is 30.1 Å². The van der Waals surface area contributed by atoms with Gasteiger partial charge >= 0.3 is 0 Å². The molecule has 2 N–H and O–H groups in total. The maximum atomic E-state index is 5.99. The van der Waals surface area contributed by atoms with Crippen LogP contribution in [-0.2, 0) is 6.42 Å². The van der Waals surface area contributed by atoms with E-state index in [4.69, 9.17) is 10.2 Å². The molecule has 0 saturated carbocycles. The van der Waals surface area contributed by atoms with Crippen LogP contribution >= 0.6 is 0 Å². The minimum Gasteiger partial charge on any atom is -0.469 e. The molecule has 0 aliphatic carbocycles. The van der Waals surface area contributed by atoms with E-state index in [1.54, 1.807) is 6.26 Å². The minimum absolute atomic E-state index is 0.375. The van der Waals surface area contributed by atoms with Gasteiger partial charge in [0.25, 0.3) is 0 Å². The van der Waals surface area contributed by atoms with Gasteiger partial charge in [-0.15, -0.1) is 0 Å². The predicted octanol–water partition coefficient (Wildman–Crippen LogP) is 2.02. The number of aryl methyl sites for hydroxylation is 1. The van der Waals surface area contributed by atoms with E-state index < -0.39 is 0 Å². The van der Waals surface area contributed by atoms with Gasteiger partial charge in [-0.2, -0.15) is 0 Å². The molecular weight excluding hydrogens is 200 g/mol. The van der Waals surface area contributed by atoms with E-state index in [1.807, 2.05) is 6.07 Å². The minimum atomic E-state index is 0.375. The maximum absolute atomic E-state index is 5.99. The van der Waals surface area contributed by atoms with Gasteiger partial charge in [0, 0.05) is 25.0 Å². The Balaban J connectivity index is 1.76. The Hall–Kier alpha value is -0.800. The van der Waals surface area contributed by atoms with Gasteiger partial charge in [-0.1, -0.05) is 0 Å². The van der Waals surface area contributed by atoms with E-state index >= 15 is 0 Å². The molecule has 0 aromatic carbocycles. The van der Waals surface area contributed by atoms with Crippen LogP contribution in [0.15, 0.2) is 22.8 Å².